The molecule has 1 N–H and O–H groups in total. The molecule has 0 fully saturated rings. The molecule has 1 aliphatic carbocycles. The van der Waals surface area contributed by atoms with Gasteiger partial charge in [-0.05, 0) is 83.2 Å². The third-order valence-corrected chi connectivity index (χ3v) is 6.81. The molecule has 0 heterocycles. The van der Waals surface area contributed by atoms with Gasteiger partial charge in [0.05, 0.1) is 34.4 Å². The molecule has 0 saturated heterocycles. The van der Waals surface area contributed by atoms with Crippen molar-refractivity contribution in [3.05, 3.63) is 88.2 Å². The lowest BCUT2D eigenvalue weighted by Gasteiger charge is -2.16. The molecule has 38 heavy (non-hydrogen) atoms. The fourth-order valence-electron chi connectivity index (χ4n) is 4.87. The molecule has 1 aliphatic rings. The van der Waals surface area contributed by atoms with Gasteiger partial charge < -0.3 is 24.3 Å². The first-order chi connectivity index (χ1) is 18.3. The molecule has 1 amide bonds. The highest BCUT2D eigenvalue weighted by Crippen LogP contribution is 2.48. The molecule has 0 spiro atoms. The topological polar surface area (TPSA) is 66.0 Å². The van der Waals surface area contributed by atoms with E-state index in [-0.39, 0.29) is 11.7 Å². The molecule has 3 aromatic carbocycles. The lowest BCUT2D eigenvalue weighted by Crippen LogP contribution is -2.29. The van der Waals surface area contributed by atoms with Crippen molar-refractivity contribution >= 4 is 23.1 Å². The van der Waals surface area contributed by atoms with Crippen molar-refractivity contribution in [2.75, 3.05) is 28.4 Å². The molecule has 198 valence electrons. The SMILES string of the molecule is COc1cc2c(cc1F)C(C(C)C(=O)NCc1ccccc1)=C(C)C2=Cc1cc(OC)c(OC)c(OC)c1. The summed E-state index contributed by atoms with van der Waals surface area (Å²) in [4.78, 5) is 13.2. The van der Waals surface area contributed by atoms with Gasteiger partial charge in [-0.2, -0.15) is 0 Å². The number of carbonyl (C=O) groups excluding carboxylic acids is 1. The van der Waals surface area contributed by atoms with Crippen molar-refractivity contribution in [1.29, 1.82) is 0 Å². The maximum atomic E-state index is 14.9. The Bertz CT molecular complexity index is 1390. The van der Waals surface area contributed by atoms with Gasteiger partial charge in [-0.15, -0.1) is 0 Å². The summed E-state index contributed by atoms with van der Waals surface area (Å²) in [6, 6.07) is 16.5. The number of hydrogen-bond acceptors (Lipinski definition) is 5. The van der Waals surface area contributed by atoms with Gasteiger partial charge in [0.2, 0.25) is 11.7 Å². The summed E-state index contributed by atoms with van der Waals surface area (Å²) in [6.45, 7) is 4.20. The van der Waals surface area contributed by atoms with Gasteiger partial charge in [0, 0.05) is 6.54 Å². The van der Waals surface area contributed by atoms with E-state index in [0.717, 1.165) is 33.4 Å². The lowest BCUT2D eigenvalue weighted by molar-refractivity contribution is -0.123. The van der Waals surface area contributed by atoms with Gasteiger partial charge in [0.1, 0.15) is 0 Å². The van der Waals surface area contributed by atoms with Gasteiger partial charge in [0.15, 0.2) is 23.1 Å². The molecule has 4 rings (SSSR count). The largest absolute Gasteiger partial charge is 0.494 e. The van der Waals surface area contributed by atoms with Crippen LogP contribution in [0.3, 0.4) is 0 Å². The lowest BCUT2D eigenvalue weighted by atomic mass is 9.92. The first kappa shape index (κ1) is 26.8. The van der Waals surface area contributed by atoms with E-state index < -0.39 is 11.7 Å². The second-order valence-electron chi connectivity index (χ2n) is 9.01. The Hall–Kier alpha value is -4.26. The summed E-state index contributed by atoms with van der Waals surface area (Å²) in [5, 5.41) is 3.01. The van der Waals surface area contributed by atoms with Crippen LogP contribution < -0.4 is 24.3 Å². The summed E-state index contributed by atoms with van der Waals surface area (Å²) >= 11 is 0. The van der Waals surface area contributed by atoms with Crippen molar-refractivity contribution in [1.82, 2.24) is 5.32 Å². The number of ether oxygens (including phenoxy) is 4. The number of amides is 1. The standard InChI is InChI=1S/C31H32FNO5/c1-18-22(12-21-13-27(36-4)30(38-6)28(14-21)37-5)23-16-26(35-3)25(32)15-24(23)29(18)19(2)31(34)33-17-20-10-8-7-9-11-20/h7-16,19H,17H2,1-6H3,(H,33,34). The average Bonchev–Trinajstić information content (AvgIpc) is 3.20. The smallest absolute Gasteiger partial charge is 0.227 e. The number of allylic oxidation sites excluding steroid dienone is 2. The zero-order chi connectivity index (χ0) is 27.4. The van der Waals surface area contributed by atoms with Crippen LogP contribution in [0.25, 0.3) is 17.2 Å². The monoisotopic (exact) mass is 517 g/mol. The molecule has 6 nitrogen and oxygen atoms in total. The minimum atomic E-state index is -0.518. The Morgan fingerprint density at radius 2 is 1.53 bits per heavy atom. The van der Waals surface area contributed by atoms with Crippen LogP contribution in [0.5, 0.6) is 23.0 Å². The summed E-state index contributed by atoms with van der Waals surface area (Å²) in [5.74, 6) is 0.519. The first-order valence-corrected chi connectivity index (χ1v) is 12.3. The fourth-order valence-corrected chi connectivity index (χ4v) is 4.87. The Balaban J connectivity index is 1.79. The van der Waals surface area contributed by atoms with E-state index in [1.54, 1.807) is 27.4 Å². The quantitative estimate of drug-likeness (QED) is 0.369. The Morgan fingerprint density at radius 3 is 2.11 bits per heavy atom. The van der Waals surface area contributed by atoms with Gasteiger partial charge in [-0.25, -0.2) is 4.39 Å². The summed E-state index contributed by atoms with van der Waals surface area (Å²) in [7, 11) is 6.11. The highest BCUT2D eigenvalue weighted by molar-refractivity contribution is 6.09. The van der Waals surface area contributed by atoms with Crippen LogP contribution in [-0.4, -0.2) is 34.3 Å². The number of carbonyl (C=O) groups is 1. The zero-order valence-electron chi connectivity index (χ0n) is 22.5. The van der Waals surface area contributed by atoms with Crippen LogP contribution in [0.15, 0.2) is 60.2 Å². The minimum absolute atomic E-state index is 0.134. The maximum absolute atomic E-state index is 14.9. The highest BCUT2D eigenvalue weighted by Gasteiger charge is 2.32. The highest BCUT2D eigenvalue weighted by atomic mass is 19.1. The van der Waals surface area contributed by atoms with E-state index >= 15 is 0 Å². The van der Waals surface area contributed by atoms with E-state index in [4.69, 9.17) is 18.9 Å². The van der Waals surface area contributed by atoms with Crippen molar-refractivity contribution < 1.29 is 28.1 Å². The molecule has 0 aliphatic heterocycles. The van der Waals surface area contributed by atoms with Gasteiger partial charge >= 0.3 is 0 Å². The molecule has 0 bridgehead atoms. The molecule has 3 aromatic rings. The van der Waals surface area contributed by atoms with Gasteiger partial charge in [-0.1, -0.05) is 30.3 Å². The summed E-state index contributed by atoms with van der Waals surface area (Å²) < 4.78 is 36.7. The normalized spacial score (nSPS) is 14.2. The van der Waals surface area contributed by atoms with E-state index in [0.29, 0.717) is 29.4 Å². The van der Waals surface area contributed by atoms with Crippen LogP contribution in [0.4, 0.5) is 4.39 Å². The van der Waals surface area contributed by atoms with Crippen LogP contribution >= 0.6 is 0 Å². The Kier molecular flexibility index (Phi) is 8.05. The summed E-state index contributed by atoms with van der Waals surface area (Å²) in [5.41, 5.74) is 5.75. The van der Waals surface area contributed by atoms with Crippen molar-refractivity contribution in [2.45, 2.75) is 20.4 Å². The summed E-state index contributed by atoms with van der Waals surface area (Å²) in [6.07, 6.45) is 1.97. The fraction of sp³-hybridized carbons (Fsp3) is 0.258. The number of fused-ring (bicyclic) bond motifs is 1. The number of nitrogens with one attached hydrogen (secondary N) is 1. The van der Waals surface area contributed by atoms with Crippen molar-refractivity contribution in [3.63, 3.8) is 0 Å². The van der Waals surface area contributed by atoms with Crippen LogP contribution in [0, 0.1) is 11.7 Å². The van der Waals surface area contributed by atoms with E-state index in [1.165, 1.54) is 13.2 Å². The van der Waals surface area contributed by atoms with E-state index in [2.05, 4.69) is 5.32 Å². The minimum Gasteiger partial charge on any atom is -0.494 e. The third kappa shape index (κ3) is 5.09. The Morgan fingerprint density at radius 1 is 0.895 bits per heavy atom. The number of halogens is 1. The average molecular weight is 518 g/mol. The maximum Gasteiger partial charge on any atom is 0.227 e. The first-order valence-electron chi connectivity index (χ1n) is 12.3. The zero-order valence-corrected chi connectivity index (χ0v) is 22.5. The van der Waals surface area contributed by atoms with E-state index in [9.17, 15) is 9.18 Å². The number of methoxy groups -OCH3 is 4. The van der Waals surface area contributed by atoms with Crippen LogP contribution in [0.1, 0.15) is 36.1 Å². The number of rotatable bonds is 9. The number of hydrogen-bond donors (Lipinski definition) is 1. The molecular formula is C31H32FNO5. The molecule has 7 heteroatoms. The van der Waals surface area contributed by atoms with Gasteiger partial charge in [-0.3, -0.25) is 4.79 Å². The molecular weight excluding hydrogens is 485 g/mol. The predicted molar refractivity (Wildman–Crippen MR) is 147 cm³/mol. The molecule has 0 aromatic heterocycles. The van der Waals surface area contributed by atoms with Gasteiger partial charge in [0.25, 0.3) is 0 Å². The second kappa shape index (κ2) is 11.4. The van der Waals surface area contributed by atoms with Crippen molar-refractivity contribution in [2.24, 2.45) is 5.92 Å². The molecule has 1 unspecified atom stereocenters. The van der Waals surface area contributed by atoms with Crippen LogP contribution in [0.2, 0.25) is 0 Å². The predicted octanol–water partition coefficient (Wildman–Crippen LogP) is 6.14. The Labute approximate surface area is 222 Å². The molecule has 1 atom stereocenters. The third-order valence-electron chi connectivity index (χ3n) is 6.81. The van der Waals surface area contributed by atoms with Crippen LogP contribution in [-0.2, 0) is 11.3 Å². The molecule has 0 saturated carbocycles. The number of benzene rings is 3. The second-order valence-corrected chi connectivity index (χ2v) is 9.01. The molecule has 0 radical (unpaired) electrons. The van der Waals surface area contributed by atoms with E-state index in [1.807, 2.05) is 62.4 Å². The van der Waals surface area contributed by atoms with Crippen molar-refractivity contribution in [3.8, 4) is 23.0 Å².